The van der Waals surface area contributed by atoms with Crippen LogP contribution in [0.2, 0.25) is 0 Å². The number of hydrogen-bond donors (Lipinski definition) is 1. The molecule has 0 aromatic rings. The van der Waals surface area contributed by atoms with Crippen molar-refractivity contribution >= 4 is 18.4 Å². The van der Waals surface area contributed by atoms with Crippen LogP contribution in [-0.4, -0.2) is 37.7 Å². The van der Waals surface area contributed by atoms with Crippen molar-refractivity contribution in [3.63, 3.8) is 0 Å². The highest BCUT2D eigenvalue weighted by atomic mass is 35.5. The summed E-state index contributed by atoms with van der Waals surface area (Å²) in [6.45, 7) is 4.87. The summed E-state index contributed by atoms with van der Waals surface area (Å²) in [7, 11) is 3.99. The van der Waals surface area contributed by atoms with E-state index in [1.807, 2.05) is 25.9 Å². The molecule has 0 heterocycles. The second kappa shape index (κ2) is 9.52. The second-order valence-electron chi connectivity index (χ2n) is 2.71. The molecule has 5 heteroatoms. The molecular weight excluding hydrogens is 188 g/mol. The Morgan fingerprint density at radius 3 is 2.38 bits per heavy atom. The minimum atomic E-state index is 0. The minimum Gasteiger partial charge on any atom is -0.301 e. The number of nitrogens with zero attached hydrogens (tertiary/aromatic N) is 3. The van der Waals surface area contributed by atoms with Crippen molar-refractivity contribution in [2.45, 2.75) is 26.4 Å². The van der Waals surface area contributed by atoms with Crippen LogP contribution < -0.4 is 5.43 Å². The maximum Gasteiger partial charge on any atom is 0.116 e. The SMILES string of the molecule is CCNN=C=NC(CC)N(C)C.Cl. The van der Waals surface area contributed by atoms with E-state index in [2.05, 4.69) is 28.5 Å². The van der Waals surface area contributed by atoms with E-state index in [9.17, 15) is 0 Å². The monoisotopic (exact) mass is 206 g/mol. The van der Waals surface area contributed by atoms with Gasteiger partial charge in [0.1, 0.15) is 12.2 Å². The molecule has 0 aliphatic carbocycles. The van der Waals surface area contributed by atoms with Gasteiger partial charge in [-0.25, -0.2) is 4.99 Å². The van der Waals surface area contributed by atoms with E-state index in [0.717, 1.165) is 13.0 Å². The van der Waals surface area contributed by atoms with Gasteiger partial charge in [0.15, 0.2) is 0 Å². The lowest BCUT2D eigenvalue weighted by Gasteiger charge is -2.15. The zero-order chi connectivity index (χ0) is 9.40. The molecule has 0 rings (SSSR count). The molecule has 0 spiro atoms. The van der Waals surface area contributed by atoms with E-state index in [0.29, 0.717) is 0 Å². The van der Waals surface area contributed by atoms with E-state index in [4.69, 9.17) is 0 Å². The third kappa shape index (κ3) is 7.78. The Bertz CT molecular complexity index is 164. The molecule has 1 atom stereocenters. The molecule has 0 fully saturated rings. The number of rotatable bonds is 5. The topological polar surface area (TPSA) is 40.0 Å². The molecule has 0 bridgehead atoms. The van der Waals surface area contributed by atoms with Gasteiger partial charge >= 0.3 is 0 Å². The van der Waals surface area contributed by atoms with Crippen molar-refractivity contribution in [2.24, 2.45) is 10.1 Å². The molecule has 0 saturated heterocycles. The molecule has 0 aliphatic heterocycles. The smallest absolute Gasteiger partial charge is 0.116 e. The van der Waals surface area contributed by atoms with Gasteiger partial charge in [-0.2, -0.15) is 0 Å². The number of hydrazone groups is 1. The van der Waals surface area contributed by atoms with E-state index in [1.165, 1.54) is 0 Å². The van der Waals surface area contributed by atoms with Gasteiger partial charge in [0.2, 0.25) is 0 Å². The quantitative estimate of drug-likeness (QED) is 0.546. The predicted molar refractivity (Wildman–Crippen MR) is 58.6 cm³/mol. The molecule has 13 heavy (non-hydrogen) atoms. The van der Waals surface area contributed by atoms with Gasteiger partial charge in [0, 0.05) is 6.54 Å². The Kier molecular flexibility index (Phi) is 10.9. The van der Waals surface area contributed by atoms with E-state index < -0.39 is 0 Å². The largest absolute Gasteiger partial charge is 0.301 e. The van der Waals surface area contributed by atoms with Crippen LogP contribution in [0.4, 0.5) is 0 Å². The van der Waals surface area contributed by atoms with Gasteiger partial charge in [-0.1, -0.05) is 6.92 Å². The Labute approximate surface area is 86.5 Å². The fourth-order valence-corrected chi connectivity index (χ4v) is 0.782. The van der Waals surface area contributed by atoms with Crippen molar-refractivity contribution in [1.82, 2.24) is 10.3 Å². The third-order valence-electron chi connectivity index (χ3n) is 1.46. The molecule has 1 N–H and O–H groups in total. The predicted octanol–water partition coefficient (Wildman–Crippen LogP) is 1.40. The number of halogens is 1. The van der Waals surface area contributed by atoms with Crippen LogP contribution in [0, 0.1) is 0 Å². The highest BCUT2D eigenvalue weighted by molar-refractivity contribution is 5.85. The zero-order valence-electron chi connectivity index (χ0n) is 8.74. The van der Waals surface area contributed by atoms with E-state index >= 15 is 0 Å². The summed E-state index contributed by atoms with van der Waals surface area (Å²) in [4.78, 5) is 6.16. The lowest BCUT2D eigenvalue weighted by atomic mass is 10.4. The molecular formula is C8H19ClN4. The van der Waals surface area contributed by atoms with Crippen LogP contribution in [0.5, 0.6) is 0 Å². The highest BCUT2D eigenvalue weighted by Crippen LogP contribution is 1.97. The molecule has 0 saturated carbocycles. The molecule has 0 radical (unpaired) electrons. The Balaban J connectivity index is 0. The zero-order valence-corrected chi connectivity index (χ0v) is 9.56. The fourth-order valence-electron chi connectivity index (χ4n) is 0.782. The summed E-state index contributed by atoms with van der Waals surface area (Å²) < 4.78 is 0. The summed E-state index contributed by atoms with van der Waals surface area (Å²) in [6, 6.07) is 2.62. The van der Waals surface area contributed by atoms with Crippen LogP contribution in [0.1, 0.15) is 20.3 Å². The third-order valence-corrected chi connectivity index (χ3v) is 1.46. The maximum atomic E-state index is 4.13. The van der Waals surface area contributed by atoms with Crippen molar-refractivity contribution in [3.05, 3.63) is 0 Å². The Morgan fingerprint density at radius 1 is 1.38 bits per heavy atom. The average Bonchev–Trinajstić information content (AvgIpc) is 2.04. The van der Waals surface area contributed by atoms with Crippen LogP contribution in [0.25, 0.3) is 0 Å². The molecule has 0 amide bonds. The van der Waals surface area contributed by atoms with Crippen LogP contribution in [-0.2, 0) is 0 Å². The fraction of sp³-hybridized carbons (Fsp3) is 0.875. The molecule has 4 nitrogen and oxygen atoms in total. The van der Waals surface area contributed by atoms with Crippen LogP contribution in [0.15, 0.2) is 10.1 Å². The molecule has 1 unspecified atom stereocenters. The van der Waals surface area contributed by atoms with Gasteiger partial charge in [-0.3, -0.25) is 4.90 Å². The van der Waals surface area contributed by atoms with Crippen LogP contribution in [0.3, 0.4) is 0 Å². The number of hydrogen-bond acceptors (Lipinski definition) is 4. The lowest BCUT2D eigenvalue weighted by Crippen LogP contribution is -2.24. The molecule has 0 aromatic carbocycles. The molecule has 78 valence electrons. The first-order valence-corrected chi connectivity index (χ1v) is 4.26. The van der Waals surface area contributed by atoms with Crippen molar-refractivity contribution in [3.8, 4) is 0 Å². The first-order chi connectivity index (χ1) is 5.72. The number of nitrogens with one attached hydrogen (secondary N) is 1. The van der Waals surface area contributed by atoms with E-state index in [1.54, 1.807) is 0 Å². The number of aliphatic imine (C=N–C) groups is 1. The van der Waals surface area contributed by atoms with Gasteiger partial charge in [0.25, 0.3) is 0 Å². The Morgan fingerprint density at radius 2 is 2.00 bits per heavy atom. The summed E-state index contributed by atoms with van der Waals surface area (Å²) in [5, 5.41) is 3.77. The lowest BCUT2D eigenvalue weighted by molar-refractivity contribution is 0.296. The van der Waals surface area contributed by atoms with E-state index in [-0.39, 0.29) is 18.6 Å². The minimum absolute atomic E-state index is 0. The normalized spacial score (nSPS) is 11.2. The van der Waals surface area contributed by atoms with Gasteiger partial charge < -0.3 is 5.43 Å². The first-order valence-electron chi connectivity index (χ1n) is 4.26. The first kappa shape index (κ1) is 14.9. The highest BCUT2D eigenvalue weighted by Gasteiger charge is 2.03. The van der Waals surface area contributed by atoms with Crippen molar-refractivity contribution in [2.75, 3.05) is 20.6 Å². The van der Waals surface area contributed by atoms with Gasteiger partial charge in [0.05, 0.1) is 0 Å². The van der Waals surface area contributed by atoms with Crippen molar-refractivity contribution in [1.29, 1.82) is 0 Å². The summed E-state index contributed by atoms with van der Waals surface area (Å²) in [5.74, 6) is 0. The maximum absolute atomic E-state index is 4.13. The summed E-state index contributed by atoms with van der Waals surface area (Å²) in [6.07, 6.45) is 1.16. The van der Waals surface area contributed by atoms with Gasteiger partial charge in [-0.15, -0.1) is 17.5 Å². The summed E-state index contributed by atoms with van der Waals surface area (Å²) in [5.41, 5.74) is 2.77. The van der Waals surface area contributed by atoms with Crippen LogP contribution >= 0.6 is 12.4 Å². The average molecular weight is 207 g/mol. The summed E-state index contributed by atoms with van der Waals surface area (Å²) >= 11 is 0. The van der Waals surface area contributed by atoms with Gasteiger partial charge in [-0.05, 0) is 27.4 Å². The Hall–Kier alpha value is -0.570. The second-order valence-corrected chi connectivity index (χ2v) is 2.71. The standard InChI is InChI=1S/C8H18N4.ClH/c1-5-8(12(3)4)9-7-11-10-6-2;/h8,10H,5-6H2,1-4H3;1H. The molecule has 0 aliphatic rings. The van der Waals surface area contributed by atoms with Crippen molar-refractivity contribution < 1.29 is 0 Å². The molecule has 0 aromatic heterocycles.